The topological polar surface area (TPSA) is 34.1 Å². The standard InChI is InChI=1S/C17H15Cl3O2/c1-9(2)11-5-4-10(3)15-13(6-11)12(8-21)7-14(15)16(22)17(18,19)20/h4-9H,1-3H3. The summed E-state index contributed by atoms with van der Waals surface area (Å²) in [6.45, 7) is 6.00. The average Bonchev–Trinajstić information content (AvgIpc) is 2.69. The molecule has 116 valence electrons. The SMILES string of the molecule is Cc1ccc(C(C)C)cc2c(C=O)cc(C(=O)C(Cl)(Cl)Cl)c1-2. The second-order valence-corrected chi connectivity index (χ2v) is 7.84. The summed E-state index contributed by atoms with van der Waals surface area (Å²) >= 11 is 17.2. The van der Waals surface area contributed by atoms with Crippen molar-refractivity contribution >= 4 is 46.9 Å². The first-order valence-corrected chi connectivity index (χ1v) is 7.94. The molecule has 0 saturated carbocycles. The Labute approximate surface area is 144 Å². The molecule has 0 heterocycles. The number of ketones is 1. The molecule has 0 bridgehead atoms. The molecule has 0 aromatic carbocycles. The number of Topliss-reactive ketones (excluding diaryl/α,β-unsaturated/α-hetero) is 1. The maximum Gasteiger partial charge on any atom is 0.253 e. The molecule has 0 spiro atoms. The van der Waals surface area contributed by atoms with Gasteiger partial charge in [0.2, 0.25) is 5.78 Å². The summed E-state index contributed by atoms with van der Waals surface area (Å²) in [5.41, 5.74) is 3.98. The molecule has 2 nitrogen and oxygen atoms in total. The number of aryl methyl sites for hydroxylation is 1. The highest BCUT2D eigenvalue weighted by Crippen LogP contribution is 2.40. The number of hydrogen-bond acceptors (Lipinski definition) is 2. The lowest BCUT2D eigenvalue weighted by atomic mass is 9.99. The summed E-state index contributed by atoms with van der Waals surface area (Å²) in [6.07, 6.45) is 0.723. The molecule has 0 fully saturated rings. The van der Waals surface area contributed by atoms with Gasteiger partial charge >= 0.3 is 0 Å². The molecule has 2 rings (SSSR count). The molecule has 2 aliphatic carbocycles. The van der Waals surface area contributed by atoms with Gasteiger partial charge < -0.3 is 0 Å². The zero-order valence-corrected chi connectivity index (χ0v) is 14.7. The van der Waals surface area contributed by atoms with Crippen LogP contribution in [0.5, 0.6) is 0 Å². The van der Waals surface area contributed by atoms with Crippen molar-refractivity contribution in [1.29, 1.82) is 0 Å². The van der Waals surface area contributed by atoms with Gasteiger partial charge in [-0.1, -0.05) is 66.8 Å². The van der Waals surface area contributed by atoms with Gasteiger partial charge in [0, 0.05) is 11.1 Å². The Balaban J connectivity index is 2.80. The molecule has 0 aliphatic heterocycles. The van der Waals surface area contributed by atoms with E-state index in [1.165, 1.54) is 6.07 Å². The van der Waals surface area contributed by atoms with Crippen molar-refractivity contribution in [3.63, 3.8) is 0 Å². The second kappa shape index (κ2) is 6.19. The van der Waals surface area contributed by atoms with E-state index >= 15 is 0 Å². The monoisotopic (exact) mass is 356 g/mol. The average molecular weight is 358 g/mol. The maximum atomic E-state index is 12.4. The summed E-state index contributed by atoms with van der Waals surface area (Å²) in [5, 5.41) is 0. The highest BCUT2D eigenvalue weighted by molar-refractivity contribution is 6.77. The predicted molar refractivity (Wildman–Crippen MR) is 91.9 cm³/mol. The third-order valence-electron chi connectivity index (χ3n) is 3.68. The van der Waals surface area contributed by atoms with Gasteiger partial charge in [0.25, 0.3) is 3.79 Å². The molecule has 22 heavy (non-hydrogen) atoms. The van der Waals surface area contributed by atoms with Crippen molar-refractivity contribution in [2.24, 2.45) is 0 Å². The molecule has 0 radical (unpaired) electrons. The van der Waals surface area contributed by atoms with E-state index < -0.39 is 9.58 Å². The lowest BCUT2D eigenvalue weighted by Gasteiger charge is -2.10. The Morgan fingerprint density at radius 1 is 1.18 bits per heavy atom. The largest absolute Gasteiger partial charge is 0.298 e. The van der Waals surface area contributed by atoms with Crippen LogP contribution in [-0.2, 0) is 0 Å². The zero-order valence-electron chi connectivity index (χ0n) is 12.4. The molecule has 0 saturated heterocycles. The Morgan fingerprint density at radius 3 is 2.32 bits per heavy atom. The van der Waals surface area contributed by atoms with E-state index in [2.05, 4.69) is 13.8 Å². The van der Waals surface area contributed by atoms with Gasteiger partial charge in [-0.25, -0.2) is 0 Å². The summed E-state index contributed by atoms with van der Waals surface area (Å²) in [7, 11) is 0. The number of alkyl halides is 3. The number of carbonyl (C=O) groups excluding carboxylic acids is 2. The van der Waals surface area contributed by atoms with Crippen molar-refractivity contribution in [1.82, 2.24) is 0 Å². The predicted octanol–water partition coefficient (Wildman–Crippen LogP) is 5.59. The van der Waals surface area contributed by atoms with E-state index in [4.69, 9.17) is 34.8 Å². The molecule has 0 aromatic rings. The minimum atomic E-state index is -2.05. The quantitative estimate of drug-likeness (QED) is 0.408. The normalized spacial score (nSPS) is 12.0. The Hall–Kier alpha value is -1.09. The van der Waals surface area contributed by atoms with Crippen molar-refractivity contribution in [2.45, 2.75) is 30.5 Å². The third kappa shape index (κ3) is 3.15. The molecular formula is C17H15Cl3O2. The number of halogens is 3. The summed E-state index contributed by atoms with van der Waals surface area (Å²) < 4.78 is -2.05. The first-order valence-electron chi connectivity index (χ1n) is 6.80. The molecular weight excluding hydrogens is 343 g/mol. The van der Waals surface area contributed by atoms with Gasteiger partial charge in [0.15, 0.2) is 6.29 Å². The van der Waals surface area contributed by atoms with Crippen molar-refractivity contribution < 1.29 is 9.59 Å². The van der Waals surface area contributed by atoms with Crippen LogP contribution in [-0.4, -0.2) is 15.9 Å². The number of aldehydes is 1. The van der Waals surface area contributed by atoms with E-state index in [9.17, 15) is 9.59 Å². The Morgan fingerprint density at radius 2 is 1.82 bits per heavy atom. The van der Waals surface area contributed by atoms with Crippen LogP contribution in [0.25, 0.3) is 11.1 Å². The van der Waals surface area contributed by atoms with Gasteiger partial charge in [0.05, 0.1) is 0 Å². The Bertz CT molecular complexity index is 715. The maximum absolute atomic E-state index is 12.4. The summed E-state index contributed by atoms with van der Waals surface area (Å²) in [5.74, 6) is -0.340. The minimum absolute atomic E-state index is 0.264. The number of hydrogen-bond donors (Lipinski definition) is 0. The summed E-state index contributed by atoms with van der Waals surface area (Å²) in [6, 6.07) is 7.32. The summed E-state index contributed by atoms with van der Waals surface area (Å²) in [4.78, 5) is 23.8. The second-order valence-electron chi connectivity index (χ2n) is 5.56. The lowest BCUT2D eigenvalue weighted by Crippen LogP contribution is -2.18. The van der Waals surface area contributed by atoms with Gasteiger partial charge in [-0.05, 0) is 41.2 Å². The molecule has 0 unspecified atom stereocenters. The third-order valence-corrected chi connectivity index (χ3v) is 4.19. The van der Waals surface area contributed by atoms with Crippen LogP contribution in [0.15, 0.2) is 24.3 Å². The van der Waals surface area contributed by atoms with Crippen LogP contribution in [0, 0.1) is 6.92 Å². The van der Waals surface area contributed by atoms with Gasteiger partial charge in [-0.15, -0.1) is 0 Å². The molecule has 0 aromatic heterocycles. The van der Waals surface area contributed by atoms with Crippen molar-refractivity contribution in [3.05, 3.63) is 46.5 Å². The molecule has 2 aliphatic rings. The highest BCUT2D eigenvalue weighted by atomic mass is 35.6. The fourth-order valence-corrected chi connectivity index (χ4v) is 2.79. The van der Waals surface area contributed by atoms with E-state index in [0.717, 1.165) is 17.4 Å². The highest BCUT2D eigenvalue weighted by Gasteiger charge is 2.35. The van der Waals surface area contributed by atoms with Crippen LogP contribution < -0.4 is 0 Å². The smallest absolute Gasteiger partial charge is 0.253 e. The fraction of sp³-hybridized carbons (Fsp3) is 0.294. The molecule has 0 N–H and O–H groups in total. The minimum Gasteiger partial charge on any atom is -0.298 e. The van der Waals surface area contributed by atoms with Crippen molar-refractivity contribution in [3.8, 4) is 11.1 Å². The number of carbonyl (C=O) groups is 2. The fourth-order valence-electron chi connectivity index (χ4n) is 2.48. The van der Waals surface area contributed by atoms with E-state index in [-0.39, 0.29) is 11.5 Å². The van der Waals surface area contributed by atoms with Crippen molar-refractivity contribution in [2.75, 3.05) is 0 Å². The molecule has 0 atom stereocenters. The number of fused-ring (bicyclic) bond motifs is 1. The van der Waals surface area contributed by atoms with Crippen LogP contribution >= 0.6 is 34.8 Å². The van der Waals surface area contributed by atoms with Gasteiger partial charge in [0.1, 0.15) is 0 Å². The van der Waals surface area contributed by atoms with Crippen LogP contribution in [0.2, 0.25) is 0 Å². The van der Waals surface area contributed by atoms with E-state index in [0.29, 0.717) is 16.7 Å². The van der Waals surface area contributed by atoms with E-state index in [1.54, 1.807) is 0 Å². The van der Waals surface area contributed by atoms with Crippen LogP contribution in [0.4, 0.5) is 0 Å². The lowest BCUT2D eigenvalue weighted by molar-refractivity contribution is 0.0997. The first-order chi connectivity index (χ1) is 10.2. The van der Waals surface area contributed by atoms with Crippen LogP contribution in [0.3, 0.4) is 0 Å². The first kappa shape index (κ1) is 17.3. The Kier molecular flexibility index (Phi) is 4.86. The van der Waals surface area contributed by atoms with Gasteiger partial charge in [-0.2, -0.15) is 0 Å². The van der Waals surface area contributed by atoms with Crippen LogP contribution in [0.1, 0.15) is 51.6 Å². The van der Waals surface area contributed by atoms with Gasteiger partial charge in [-0.3, -0.25) is 9.59 Å². The zero-order chi connectivity index (χ0) is 16.7. The van der Waals surface area contributed by atoms with E-state index in [1.807, 2.05) is 25.1 Å². The molecule has 5 heteroatoms. The number of rotatable bonds is 3. The molecule has 0 amide bonds.